The van der Waals surface area contributed by atoms with E-state index in [4.69, 9.17) is 4.74 Å². The molecule has 6 heteroatoms. The van der Waals surface area contributed by atoms with Crippen LogP contribution in [-0.2, 0) is 4.79 Å². The Bertz CT molecular complexity index is 996. The van der Waals surface area contributed by atoms with Gasteiger partial charge in [-0.2, -0.15) is 0 Å². The Morgan fingerprint density at radius 3 is 2.40 bits per heavy atom. The van der Waals surface area contributed by atoms with Crippen molar-refractivity contribution >= 4 is 11.6 Å². The van der Waals surface area contributed by atoms with E-state index in [1.807, 2.05) is 43.3 Å². The molecule has 0 saturated heterocycles. The predicted molar refractivity (Wildman–Crippen MR) is 113 cm³/mol. The van der Waals surface area contributed by atoms with Crippen LogP contribution in [-0.4, -0.2) is 12.5 Å². The number of halogens is 2. The van der Waals surface area contributed by atoms with Crippen molar-refractivity contribution in [1.29, 1.82) is 0 Å². The molecule has 0 aliphatic carbocycles. The Kier molecular flexibility index (Phi) is 7.14. The topological polar surface area (TPSA) is 50.4 Å². The highest BCUT2D eigenvalue weighted by atomic mass is 19.1. The average Bonchev–Trinajstić information content (AvgIpc) is 2.74. The number of anilines is 1. The lowest BCUT2D eigenvalue weighted by molar-refractivity contribution is -0.118. The SMILES string of the molecule is CCOc1ccccc1NC(=O)[C@H](N[C@@H](C)c1ccc(F)cc1F)c1ccccc1. The normalized spacial score (nSPS) is 12.8. The third-order valence-electron chi connectivity index (χ3n) is 4.69. The molecule has 3 aromatic rings. The van der Waals surface area contributed by atoms with Gasteiger partial charge in [-0.25, -0.2) is 8.78 Å². The van der Waals surface area contributed by atoms with Gasteiger partial charge in [0.2, 0.25) is 5.91 Å². The van der Waals surface area contributed by atoms with Gasteiger partial charge in [-0.1, -0.05) is 48.5 Å². The summed E-state index contributed by atoms with van der Waals surface area (Å²) >= 11 is 0. The number of hydrogen-bond acceptors (Lipinski definition) is 3. The number of nitrogens with one attached hydrogen (secondary N) is 2. The third-order valence-corrected chi connectivity index (χ3v) is 4.69. The number of amides is 1. The molecule has 1 amide bonds. The van der Waals surface area contributed by atoms with Gasteiger partial charge in [0.25, 0.3) is 0 Å². The lowest BCUT2D eigenvalue weighted by Crippen LogP contribution is -2.35. The van der Waals surface area contributed by atoms with Crippen LogP contribution in [0.15, 0.2) is 72.8 Å². The first-order valence-electron chi connectivity index (χ1n) is 9.78. The second kappa shape index (κ2) is 9.98. The predicted octanol–water partition coefficient (Wildman–Crippen LogP) is 5.39. The molecule has 0 unspecified atom stereocenters. The Morgan fingerprint density at radius 1 is 1.00 bits per heavy atom. The number of carbonyl (C=O) groups is 1. The first-order chi connectivity index (χ1) is 14.5. The van der Waals surface area contributed by atoms with Gasteiger partial charge in [0.05, 0.1) is 12.3 Å². The summed E-state index contributed by atoms with van der Waals surface area (Å²) in [6.45, 7) is 4.06. The van der Waals surface area contributed by atoms with Crippen LogP contribution in [0, 0.1) is 11.6 Å². The molecule has 0 aliphatic rings. The second-order valence-corrected chi connectivity index (χ2v) is 6.82. The van der Waals surface area contributed by atoms with E-state index in [0.717, 1.165) is 11.6 Å². The zero-order valence-electron chi connectivity index (χ0n) is 16.9. The van der Waals surface area contributed by atoms with Crippen LogP contribution in [0.1, 0.15) is 37.1 Å². The molecule has 0 aliphatic heterocycles. The molecule has 0 aromatic heterocycles. The van der Waals surface area contributed by atoms with Crippen molar-refractivity contribution in [3.05, 3.63) is 95.6 Å². The maximum absolute atomic E-state index is 14.2. The lowest BCUT2D eigenvalue weighted by atomic mass is 10.0. The van der Waals surface area contributed by atoms with Gasteiger partial charge in [-0.15, -0.1) is 0 Å². The van der Waals surface area contributed by atoms with Gasteiger partial charge in [-0.05, 0) is 37.6 Å². The Balaban J connectivity index is 1.87. The van der Waals surface area contributed by atoms with Crippen LogP contribution in [0.4, 0.5) is 14.5 Å². The number of rotatable bonds is 8. The molecule has 3 aromatic carbocycles. The summed E-state index contributed by atoms with van der Waals surface area (Å²) in [5, 5.41) is 6.06. The largest absolute Gasteiger partial charge is 0.492 e. The highest BCUT2D eigenvalue weighted by Crippen LogP contribution is 2.27. The summed E-state index contributed by atoms with van der Waals surface area (Å²) in [6, 6.07) is 18.4. The number of hydrogen-bond donors (Lipinski definition) is 2. The van der Waals surface area contributed by atoms with E-state index < -0.39 is 23.7 Å². The van der Waals surface area contributed by atoms with E-state index in [9.17, 15) is 13.6 Å². The molecule has 0 fully saturated rings. The maximum Gasteiger partial charge on any atom is 0.246 e. The molecule has 156 valence electrons. The highest BCUT2D eigenvalue weighted by Gasteiger charge is 2.25. The van der Waals surface area contributed by atoms with E-state index >= 15 is 0 Å². The zero-order valence-corrected chi connectivity index (χ0v) is 16.9. The monoisotopic (exact) mass is 410 g/mol. The summed E-state index contributed by atoms with van der Waals surface area (Å²) in [5.74, 6) is -1.06. The van der Waals surface area contributed by atoms with E-state index in [-0.39, 0.29) is 11.5 Å². The Hall–Kier alpha value is -3.25. The van der Waals surface area contributed by atoms with E-state index in [2.05, 4.69) is 10.6 Å². The van der Waals surface area contributed by atoms with Crippen molar-refractivity contribution in [2.24, 2.45) is 0 Å². The first-order valence-corrected chi connectivity index (χ1v) is 9.78. The molecular weight excluding hydrogens is 386 g/mol. The quantitative estimate of drug-likeness (QED) is 0.523. The molecule has 3 rings (SSSR count). The van der Waals surface area contributed by atoms with Crippen LogP contribution in [0.3, 0.4) is 0 Å². The van der Waals surface area contributed by atoms with Crippen molar-refractivity contribution in [3.63, 3.8) is 0 Å². The molecule has 0 heterocycles. The van der Waals surface area contributed by atoms with E-state index in [1.165, 1.54) is 12.1 Å². The Morgan fingerprint density at radius 2 is 1.70 bits per heavy atom. The van der Waals surface area contributed by atoms with Crippen LogP contribution in [0.25, 0.3) is 0 Å². The standard InChI is InChI=1S/C24H24F2N2O2/c1-3-30-22-12-8-7-11-21(22)28-24(29)23(17-9-5-4-6-10-17)27-16(2)19-14-13-18(25)15-20(19)26/h4-16,23,27H,3H2,1-2H3,(H,28,29)/t16-,23+/m0/s1. The van der Waals surface area contributed by atoms with Gasteiger partial charge in [0.15, 0.2) is 0 Å². The fraction of sp³-hybridized carbons (Fsp3) is 0.208. The maximum atomic E-state index is 14.2. The minimum Gasteiger partial charge on any atom is -0.492 e. The van der Waals surface area contributed by atoms with Gasteiger partial charge in [0.1, 0.15) is 23.4 Å². The van der Waals surface area contributed by atoms with Crippen LogP contribution >= 0.6 is 0 Å². The minimum absolute atomic E-state index is 0.278. The van der Waals surface area contributed by atoms with Crippen LogP contribution in [0.5, 0.6) is 5.75 Å². The number of ether oxygens (including phenoxy) is 1. The van der Waals surface area contributed by atoms with Crippen molar-refractivity contribution in [3.8, 4) is 5.75 Å². The fourth-order valence-corrected chi connectivity index (χ4v) is 3.22. The van der Waals surface area contributed by atoms with Gasteiger partial charge in [-0.3, -0.25) is 10.1 Å². The number of carbonyl (C=O) groups excluding carboxylic acids is 1. The molecule has 2 atom stereocenters. The lowest BCUT2D eigenvalue weighted by Gasteiger charge is -2.24. The fourth-order valence-electron chi connectivity index (χ4n) is 3.22. The summed E-state index contributed by atoms with van der Waals surface area (Å²) < 4.78 is 33.1. The van der Waals surface area contributed by atoms with Crippen molar-refractivity contribution < 1.29 is 18.3 Å². The highest BCUT2D eigenvalue weighted by molar-refractivity contribution is 5.96. The molecule has 30 heavy (non-hydrogen) atoms. The minimum atomic E-state index is -0.764. The summed E-state index contributed by atoms with van der Waals surface area (Å²) in [6.07, 6.45) is 0. The van der Waals surface area contributed by atoms with Gasteiger partial charge >= 0.3 is 0 Å². The zero-order chi connectivity index (χ0) is 21.5. The number of para-hydroxylation sites is 2. The summed E-state index contributed by atoms with van der Waals surface area (Å²) in [5.41, 5.74) is 1.55. The summed E-state index contributed by atoms with van der Waals surface area (Å²) in [7, 11) is 0. The van der Waals surface area contributed by atoms with Crippen molar-refractivity contribution in [2.45, 2.75) is 25.9 Å². The van der Waals surface area contributed by atoms with Gasteiger partial charge in [0, 0.05) is 17.7 Å². The molecular formula is C24H24F2N2O2. The summed E-state index contributed by atoms with van der Waals surface area (Å²) in [4.78, 5) is 13.2. The van der Waals surface area contributed by atoms with Crippen molar-refractivity contribution in [2.75, 3.05) is 11.9 Å². The van der Waals surface area contributed by atoms with Crippen molar-refractivity contribution in [1.82, 2.24) is 5.32 Å². The van der Waals surface area contributed by atoms with E-state index in [0.29, 0.717) is 18.0 Å². The second-order valence-electron chi connectivity index (χ2n) is 6.82. The van der Waals surface area contributed by atoms with Gasteiger partial charge < -0.3 is 10.1 Å². The molecule has 2 N–H and O–H groups in total. The molecule has 0 saturated carbocycles. The molecule has 4 nitrogen and oxygen atoms in total. The smallest absolute Gasteiger partial charge is 0.246 e. The number of benzene rings is 3. The Labute approximate surface area is 174 Å². The average molecular weight is 410 g/mol. The van der Waals surface area contributed by atoms with Crippen LogP contribution < -0.4 is 15.4 Å². The molecule has 0 bridgehead atoms. The van der Waals surface area contributed by atoms with E-state index in [1.54, 1.807) is 25.1 Å². The first kappa shape index (κ1) is 21.5. The molecule has 0 radical (unpaired) electrons. The van der Waals surface area contributed by atoms with Crippen LogP contribution in [0.2, 0.25) is 0 Å². The third kappa shape index (κ3) is 5.21. The molecule has 0 spiro atoms.